The predicted molar refractivity (Wildman–Crippen MR) is 382 cm³/mol. The third kappa shape index (κ3) is 22.5. The molecule has 4 fully saturated rings. The third-order valence-electron chi connectivity index (χ3n) is 19.7. The number of rotatable bonds is 19. The van der Waals surface area contributed by atoms with Crippen LogP contribution < -0.4 is 39.8 Å². The van der Waals surface area contributed by atoms with Crippen molar-refractivity contribution in [1.82, 2.24) is 0 Å². The number of nitrogens with zero attached hydrogens (tertiary/aromatic N) is 1. The average Bonchev–Trinajstić information content (AvgIpc) is 1.72. The Morgan fingerprint density at radius 2 is 0.932 bits per heavy atom. The predicted octanol–water partition coefficient (Wildman–Crippen LogP) is 18.3. The molecule has 12 rings (SSSR count). The zero-order valence-electron chi connectivity index (χ0n) is 58.4. The first-order valence-corrected chi connectivity index (χ1v) is 35.5. The summed E-state index contributed by atoms with van der Waals surface area (Å²) < 4.78 is 147. The number of carbonyl (C=O) groups is 4. The third-order valence-corrected chi connectivity index (χ3v) is 19.7. The summed E-state index contributed by atoms with van der Waals surface area (Å²) in [6.45, 7) is 19.3. The van der Waals surface area contributed by atoms with E-state index in [1.165, 1.54) is 29.2 Å². The van der Waals surface area contributed by atoms with Crippen molar-refractivity contribution >= 4 is 64.6 Å². The van der Waals surface area contributed by atoms with Crippen LogP contribution >= 0.6 is 0 Å². The maximum absolute atomic E-state index is 13.3. The van der Waals surface area contributed by atoms with Gasteiger partial charge in [-0.3, -0.25) is 19.2 Å². The smallest absolute Gasteiger partial charge is 0.391 e. The topological polar surface area (TPSA) is 174 Å². The number of anilines is 4. The Balaban J connectivity index is 0.000000160. The number of amides is 4. The number of halogens is 9. The number of nitrogens with one attached hydrogen (secondary N) is 3. The normalized spacial score (nSPS) is 21.5. The van der Waals surface area contributed by atoms with Gasteiger partial charge in [0.15, 0.2) is 0 Å². The molecule has 0 unspecified atom stereocenters. The van der Waals surface area contributed by atoms with Gasteiger partial charge in [0.2, 0.25) is 41.4 Å². The van der Waals surface area contributed by atoms with Crippen molar-refractivity contribution < 1.29 is 87.5 Å². The van der Waals surface area contributed by atoms with Gasteiger partial charge in [-0.25, -0.2) is 26.3 Å². The molecule has 4 amide bonds. The molecule has 0 bridgehead atoms. The van der Waals surface area contributed by atoms with E-state index in [1.807, 2.05) is 92.8 Å². The second-order valence-corrected chi connectivity index (χ2v) is 27.7. The van der Waals surface area contributed by atoms with Crippen molar-refractivity contribution in [2.24, 2.45) is 23.7 Å². The molecule has 14 nitrogen and oxygen atoms in total. The Hall–Kier alpha value is -8.57. The van der Waals surface area contributed by atoms with E-state index in [4.69, 9.17) is 23.7 Å². The molecule has 4 N–H and O–H groups in total. The van der Waals surface area contributed by atoms with Crippen molar-refractivity contribution in [3.05, 3.63) is 162 Å². The number of carbonyl (C=O) groups excluding carboxylic acids is 4. The first kappa shape index (κ1) is 78.6. The number of aliphatic hydroxyl groups excluding tert-OH is 1. The fourth-order valence-electron chi connectivity index (χ4n) is 14.1. The van der Waals surface area contributed by atoms with Gasteiger partial charge in [-0.15, -0.1) is 0 Å². The Bertz CT molecular complexity index is 3670. The first-order valence-electron chi connectivity index (χ1n) is 35.5. The largest absolute Gasteiger partial charge is 0.493 e. The van der Waals surface area contributed by atoms with Crippen LogP contribution in [0, 0.1) is 23.7 Å². The van der Waals surface area contributed by atoms with Crippen LogP contribution in [0.4, 0.5) is 62.3 Å². The van der Waals surface area contributed by atoms with Crippen molar-refractivity contribution in [1.29, 1.82) is 0 Å². The highest BCUT2D eigenvalue weighted by atomic mass is 19.4. The fraction of sp³-hybridized carbons (Fsp3) is 0.475. The summed E-state index contributed by atoms with van der Waals surface area (Å²) in [6.07, 6.45) is 19.1. The molecule has 0 aromatic heterocycles. The van der Waals surface area contributed by atoms with Crippen molar-refractivity contribution in [2.45, 2.75) is 191 Å². The Labute approximate surface area is 596 Å². The van der Waals surface area contributed by atoms with Crippen LogP contribution in [-0.4, -0.2) is 97.4 Å². The fourth-order valence-corrected chi connectivity index (χ4v) is 14.1. The number of fused-ring (bicyclic) bond motifs is 4. The van der Waals surface area contributed by atoms with Crippen LogP contribution in [0.5, 0.6) is 23.0 Å². The summed E-state index contributed by atoms with van der Waals surface area (Å²) in [5, 5.41) is 17.6. The van der Waals surface area contributed by atoms with Gasteiger partial charge in [-0.1, -0.05) is 62.8 Å². The highest BCUT2D eigenvalue weighted by Crippen LogP contribution is 2.45. The number of ether oxygens (including phenoxy) is 5. The van der Waals surface area contributed by atoms with Crippen LogP contribution in [0.1, 0.15) is 161 Å². The number of hydrogen-bond donors (Lipinski definition) is 4. The SMILES string of the molecule is C=CC(=O)N(CCO)c1cc(/C=C/C2CCC(F)(F)CC2)c2c(c1)CCO2.C=CC(=O)Nc1cc(/C=C/C2CCC(F)(F)CC2)c2c(c1)C[C@@H](C)O2.C=CC(=O)Nc1cc(/C=C/C2CCC(F)(F)CC2)c2c(c1)C[C@H](C)O2.C=CC(=O)Nc1cc2c(c(COC3CCC(C(F)(F)F)CC3)c1)OCC2. The number of benzene rings is 4. The van der Waals surface area contributed by atoms with E-state index in [2.05, 4.69) is 42.3 Å². The van der Waals surface area contributed by atoms with Gasteiger partial charge >= 0.3 is 6.18 Å². The quantitative estimate of drug-likeness (QED) is 0.0523. The van der Waals surface area contributed by atoms with E-state index >= 15 is 0 Å². The van der Waals surface area contributed by atoms with Crippen LogP contribution in [0.3, 0.4) is 0 Å². The van der Waals surface area contributed by atoms with E-state index in [1.54, 1.807) is 6.07 Å². The lowest BCUT2D eigenvalue weighted by Crippen LogP contribution is -2.32. The number of alkyl halides is 9. The molecular weight excluding hydrogens is 1350 g/mol. The molecule has 4 heterocycles. The number of hydrogen-bond acceptors (Lipinski definition) is 10. The Kier molecular flexibility index (Phi) is 26.9. The van der Waals surface area contributed by atoms with Crippen LogP contribution in [0.2, 0.25) is 0 Å². The summed E-state index contributed by atoms with van der Waals surface area (Å²) in [5.74, 6) is -6.30. The average molecular weight is 1440 g/mol. The molecule has 0 spiro atoms. The van der Waals surface area contributed by atoms with E-state index in [9.17, 15) is 63.8 Å². The summed E-state index contributed by atoms with van der Waals surface area (Å²) in [6, 6.07) is 14.9. The molecule has 8 aliphatic rings. The molecule has 4 aromatic rings. The molecule has 103 heavy (non-hydrogen) atoms. The minimum atomic E-state index is -4.11. The zero-order valence-corrected chi connectivity index (χ0v) is 58.4. The molecule has 4 saturated carbocycles. The molecule has 23 heteroatoms. The molecule has 556 valence electrons. The standard InChI is InChI=1S/C21H25F2NO3.2C20H23F2NO2.C19H22F3NO3/c1-2-19(26)24(10-11-25)18-13-16(20-17(14-18)7-12-27-20)4-3-15-5-8-21(22,23)9-6-15;2*1-3-18(24)23-17-11-15(19-16(12-17)10-13(2)25-19)5-4-14-6-8-20(21,22)9-7-14;1-2-17(24)23-15-9-12-7-8-25-18(12)13(10-15)11-26-16-5-3-14(4-6-16)19(20,21)22/h2-4,13-15,25H,1,5-12H2;2*3-5,11-14H,1,6-10H2,2H3,(H,23,24);2,9-10,14,16H,1,3-8,11H2,(H,23,24)/b4-3+;2*5-4+;/t;2*13-;/m.10./s1. The van der Waals surface area contributed by atoms with Gasteiger partial charge in [0.1, 0.15) is 35.2 Å². The summed E-state index contributed by atoms with van der Waals surface area (Å²) in [5.41, 5.74) is 10.2. The van der Waals surface area contributed by atoms with Crippen molar-refractivity contribution in [3.8, 4) is 23.0 Å². The minimum Gasteiger partial charge on any atom is -0.493 e. The minimum absolute atomic E-state index is 0.0525. The second kappa shape index (κ2) is 35.3. The molecule has 4 aromatic carbocycles. The van der Waals surface area contributed by atoms with E-state index < -0.39 is 29.9 Å². The number of allylic oxidation sites excluding steroid dienone is 3. The van der Waals surface area contributed by atoms with Crippen molar-refractivity contribution in [3.63, 3.8) is 0 Å². The van der Waals surface area contributed by atoms with Gasteiger partial charge in [0.25, 0.3) is 0 Å². The Morgan fingerprint density at radius 1 is 0.534 bits per heavy atom. The lowest BCUT2D eigenvalue weighted by Gasteiger charge is -2.30. The number of aliphatic hydroxyl groups is 1. The summed E-state index contributed by atoms with van der Waals surface area (Å²) in [7, 11) is 0. The molecular formula is C80H93F9N4O10. The van der Waals surface area contributed by atoms with Gasteiger partial charge in [0.05, 0.1) is 38.4 Å². The zero-order chi connectivity index (χ0) is 74.2. The van der Waals surface area contributed by atoms with Gasteiger partial charge < -0.3 is 49.6 Å². The Morgan fingerprint density at radius 3 is 1.34 bits per heavy atom. The lowest BCUT2D eigenvalue weighted by molar-refractivity contribution is -0.188. The monoisotopic (exact) mass is 1440 g/mol. The molecule has 2 atom stereocenters. The molecule has 0 saturated heterocycles. The maximum Gasteiger partial charge on any atom is 0.391 e. The van der Waals surface area contributed by atoms with Gasteiger partial charge in [-0.05, 0) is 174 Å². The van der Waals surface area contributed by atoms with Crippen LogP contribution in [0.25, 0.3) is 18.2 Å². The van der Waals surface area contributed by atoms with Gasteiger partial charge in [0, 0.05) is 132 Å². The van der Waals surface area contributed by atoms with Crippen LogP contribution in [0.15, 0.2) is 117 Å². The first-order chi connectivity index (χ1) is 49.0. The van der Waals surface area contributed by atoms with E-state index in [0.29, 0.717) is 87.3 Å². The molecule has 4 aliphatic heterocycles. The van der Waals surface area contributed by atoms with E-state index in [-0.39, 0.29) is 131 Å². The second-order valence-electron chi connectivity index (χ2n) is 27.7. The highest BCUT2D eigenvalue weighted by molar-refractivity contribution is 6.02. The molecule has 4 aliphatic carbocycles. The van der Waals surface area contributed by atoms with E-state index in [0.717, 1.165) is 93.2 Å². The highest BCUT2D eigenvalue weighted by Gasteiger charge is 2.42. The molecule has 0 radical (unpaired) electrons. The maximum atomic E-state index is 13.3. The summed E-state index contributed by atoms with van der Waals surface area (Å²) >= 11 is 0. The van der Waals surface area contributed by atoms with Crippen molar-refractivity contribution in [2.75, 3.05) is 47.2 Å². The summed E-state index contributed by atoms with van der Waals surface area (Å²) in [4.78, 5) is 48.3. The van der Waals surface area contributed by atoms with Gasteiger partial charge in [-0.2, -0.15) is 13.2 Å². The lowest BCUT2D eigenvalue weighted by atomic mass is 9.86. The van der Waals surface area contributed by atoms with Crippen LogP contribution in [-0.2, 0) is 56.2 Å².